The Bertz CT molecular complexity index is 1080. The Morgan fingerprint density at radius 1 is 0.483 bits per heavy atom. The highest BCUT2D eigenvalue weighted by Gasteiger charge is 2.03. The molecule has 0 bridgehead atoms. The van der Waals surface area contributed by atoms with Gasteiger partial charge in [0.2, 0.25) is 0 Å². The minimum absolute atomic E-state index is 0.713. The summed E-state index contributed by atoms with van der Waals surface area (Å²) in [5.74, 6) is 3.07. The van der Waals surface area contributed by atoms with Crippen LogP contribution in [-0.4, -0.2) is 0 Å². The van der Waals surface area contributed by atoms with E-state index < -0.39 is 0 Å². The quantitative estimate of drug-likeness (QED) is 0.357. The normalized spacial score (nSPS) is 10.5. The lowest BCUT2D eigenvalue weighted by Crippen LogP contribution is -1.87. The second-order valence-electron chi connectivity index (χ2n) is 6.39. The van der Waals surface area contributed by atoms with Crippen LogP contribution >= 0.6 is 11.8 Å². The van der Waals surface area contributed by atoms with E-state index in [1.807, 2.05) is 91.0 Å². The highest BCUT2D eigenvalue weighted by Crippen LogP contribution is 2.33. The van der Waals surface area contributed by atoms with Crippen LogP contribution in [0.15, 0.2) is 107 Å². The molecule has 0 atom stereocenters. The summed E-state index contributed by atoms with van der Waals surface area (Å²) in [6.07, 6.45) is 0. The summed E-state index contributed by atoms with van der Waals surface area (Å²) < 4.78 is 11.7. The molecule has 0 saturated heterocycles. The second-order valence-corrected chi connectivity index (χ2v) is 7.54. The predicted octanol–water partition coefficient (Wildman–Crippen LogP) is 6.59. The number of rotatable bonds is 6. The van der Waals surface area contributed by atoms with Gasteiger partial charge in [-0.15, -0.1) is 0 Å². The Morgan fingerprint density at radius 3 is 1.52 bits per heavy atom. The Morgan fingerprint density at radius 2 is 0.966 bits per heavy atom. The molecule has 0 aliphatic heterocycles. The maximum atomic E-state index is 5.91. The van der Waals surface area contributed by atoms with Crippen molar-refractivity contribution in [1.82, 2.24) is 0 Å². The molecular formula is C24H20N2O2S. The number of nitrogen functional groups attached to an aromatic ring is 2. The minimum atomic E-state index is 0.713. The van der Waals surface area contributed by atoms with Crippen LogP contribution in [0.3, 0.4) is 0 Å². The predicted molar refractivity (Wildman–Crippen MR) is 119 cm³/mol. The van der Waals surface area contributed by atoms with E-state index in [2.05, 4.69) is 6.07 Å². The second kappa shape index (κ2) is 8.63. The monoisotopic (exact) mass is 400 g/mol. The average molecular weight is 401 g/mol. The number of hydrogen-bond acceptors (Lipinski definition) is 5. The summed E-state index contributed by atoms with van der Waals surface area (Å²) in [5.41, 5.74) is 12.8. The molecular weight excluding hydrogens is 380 g/mol. The first-order valence-corrected chi connectivity index (χ1v) is 9.90. The maximum absolute atomic E-state index is 5.91. The third-order valence-electron chi connectivity index (χ3n) is 4.10. The molecule has 5 heteroatoms. The molecule has 0 radical (unpaired) electrons. The molecule has 144 valence electrons. The SMILES string of the molecule is Nc1ccc(Oc2ccc(Sc3cccc(Oc4ccc(N)cc4)c3)cc2)cc1. The van der Waals surface area contributed by atoms with Gasteiger partial charge < -0.3 is 20.9 Å². The lowest BCUT2D eigenvalue weighted by Gasteiger charge is -2.09. The van der Waals surface area contributed by atoms with Crippen molar-refractivity contribution < 1.29 is 9.47 Å². The molecule has 4 N–H and O–H groups in total. The van der Waals surface area contributed by atoms with Crippen LogP contribution in [0.4, 0.5) is 11.4 Å². The van der Waals surface area contributed by atoms with Gasteiger partial charge in [0.25, 0.3) is 0 Å². The van der Waals surface area contributed by atoms with Gasteiger partial charge in [-0.1, -0.05) is 17.8 Å². The van der Waals surface area contributed by atoms with Crippen molar-refractivity contribution in [3.05, 3.63) is 97.1 Å². The van der Waals surface area contributed by atoms with Crippen LogP contribution in [0.25, 0.3) is 0 Å². The zero-order chi connectivity index (χ0) is 20.1. The molecule has 0 spiro atoms. The minimum Gasteiger partial charge on any atom is -0.457 e. The van der Waals surface area contributed by atoms with Gasteiger partial charge in [0.05, 0.1) is 0 Å². The van der Waals surface area contributed by atoms with Gasteiger partial charge in [0.15, 0.2) is 0 Å². The molecule has 0 fully saturated rings. The molecule has 4 nitrogen and oxygen atoms in total. The highest BCUT2D eigenvalue weighted by atomic mass is 32.2. The number of nitrogens with two attached hydrogens (primary N) is 2. The Balaban J connectivity index is 1.41. The van der Waals surface area contributed by atoms with Gasteiger partial charge in [-0.3, -0.25) is 0 Å². The van der Waals surface area contributed by atoms with Gasteiger partial charge in [0.1, 0.15) is 23.0 Å². The summed E-state index contributed by atoms with van der Waals surface area (Å²) in [6.45, 7) is 0. The standard InChI is InChI=1S/C24H20N2O2S/c25-17-4-8-19(9-5-17)27-21-12-14-23(15-13-21)29-24-3-1-2-22(16-24)28-20-10-6-18(26)7-11-20/h1-16H,25-26H2. The molecule has 0 aliphatic rings. The molecule has 0 heterocycles. The van der Waals surface area contributed by atoms with E-state index in [-0.39, 0.29) is 0 Å². The van der Waals surface area contributed by atoms with Crippen LogP contribution in [-0.2, 0) is 0 Å². The number of benzene rings is 4. The van der Waals surface area contributed by atoms with E-state index in [0.717, 1.165) is 32.8 Å². The fourth-order valence-electron chi connectivity index (χ4n) is 2.66. The summed E-state index contributed by atoms with van der Waals surface area (Å²) in [5, 5.41) is 0. The third-order valence-corrected chi connectivity index (χ3v) is 5.09. The van der Waals surface area contributed by atoms with E-state index in [1.165, 1.54) is 0 Å². The molecule has 4 rings (SSSR count). The lowest BCUT2D eigenvalue weighted by molar-refractivity contribution is 0.481. The maximum Gasteiger partial charge on any atom is 0.128 e. The third kappa shape index (κ3) is 5.24. The van der Waals surface area contributed by atoms with Crippen molar-refractivity contribution in [1.29, 1.82) is 0 Å². The highest BCUT2D eigenvalue weighted by molar-refractivity contribution is 7.99. The molecule has 29 heavy (non-hydrogen) atoms. The van der Waals surface area contributed by atoms with Gasteiger partial charge in [-0.25, -0.2) is 0 Å². The number of anilines is 2. The van der Waals surface area contributed by atoms with Crippen molar-refractivity contribution in [2.24, 2.45) is 0 Å². The van der Waals surface area contributed by atoms with Crippen LogP contribution in [0.2, 0.25) is 0 Å². The first-order chi connectivity index (χ1) is 14.1. The van der Waals surface area contributed by atoms with Crippen molar-refractivity contribution >= 4 is 23.1 Å². The largest absolute Gasteiger partial charge is 0.457 e. The summed E-state index contributed by atoms with van der Waals surface area (Å²) in [7, 11) is 0. The first-order valence-electron chi connectivity index (χ1n) is 9.09. The molecule has 4 aromatic rings. The van der Waals surface area contributed by atoms with Crippen LogP contribution in [0, 0.1) is 0 Å². The van der Waals surface area contributed by atoms with E-state index in [4.69, 9.17) is 20.9 Å². The average Bonchev–Trinajstić information content (AvgIpc) is 2.73. The first kappa shape index (κ1) is 18.8. The van der Waals surface area contributed by atoms with Gasteiger partial charge in [-0.05, 0) is 91.0 Å². The van der Waals surface area contributed by atoms with E-state index in [9.17, 15) is 0 Å². The van der Waals surface area contributed by atoms with E-state index >= 15 is 0 Å². The molecule has 4 aromatic carbocycles. The lowest BCUT2D eigenvalue weighted by atomic mass is 10.3. The molecule has 0 aromatic heterocycles. The van der Waals surface area contributed by atoms with E-state index in [1.54, 1.807) is 11.8 Å². The van der Waals surface area contributed by atoms with Crippen molar-refractivity contribution in [2.75, 3.05) is 11.5 Å². The van der Waals surface area contributed by atoms with Gasteiger partial charge >= 0.3 is 0 Å². The van der Waals surface area contributed by atoms with Crippen LogP contribution in [0.5, 0.6) is 23.0 Å². The summed E-state index contributed by atoms with van der Waals surface area (Å²) in [6, 6.07) is 30.6. The van der Waals surface area contributed by atoms with Crippen molar-refractivity contribution in [2.45, 2.75) is 9.79 Å². The smallest absolute Gasteiger partial charge is 0.128 e. The topological polar surface area (TPSA) is 70.5 Å². The molecule has 0 saturated carbocycles. The fourth-order valence-corrected chi connectivity index (χ4v) is 3.52. The zero-order valence-electron chi connectivity index (χ0n) is 15.6. The Hall–Kier alpha value is -3.57. The number of hydrogen-bond donors (Lipinski definition) is 2. The van der Waals surface area contributed by atoms with E-state index in [0.29, 0.717) is 11.4 Å². The molecule has 0 unspecified atom stereocenters. The Kier molecular flexibility index (Phi) is 5.59. The fraction of sp³-hybridized carbons (Fsp3) is 0. The molecule has 0 aliphatic carbocycles. The van der Waals surface area contributed by atoms with Gasteiger partial charge in [-0.2, -0.15) is 0 Å². The molecule has 0 amide bonds. The Labute approximate surface area is 174 Å². The zero-order valence-corrected chi connectivity index (χ0v) is 16.4. The van der Waals surface area contributed by atoms with Crippen molar-refractivity contribution in [3.63, 3.8) is 0 Å². The number of ether oxygens (including phenoxy) is 2. The van der Waals surface area contributed by atoms with Gasteiger partial charge in [0, 0.05) is 21.2 Å². The van der Waals surface area contributed by atoms with Crippen LogP contribution in [0.1, 0.15) is 0 Å². The van der Waals surface area contributed by atoms with Crippen molar-refractivity contribution in [3.8, 4) is 23.0 Å². The summed E-state index contributed by atoms with van der Waals surface area (Å²) >= 11 is 1.66. The summed E-state index contributed by atoms with van der Waals surface area (Å²) in [4.78, 5) is 2.20. The van der Waals surface area contributed by atoms with Crippen LogP contribution < -0.4 is 20.9 Å².